The molecule has 0 atom stereocenters. The van der Waals surface area contributed by atoms with E-state index in [0.29, 0.717) is 10.8 Å². The number of halogens is 1. The predicted octanol–water partition coefficient (Wildman–Crippen LogP) is 2.58. The van der Waals surface area contributed by atoms with Crippen molar-refractivity contribution < 1.29 is 4.79 Å². The molecule has 0 saturated heterocycles. The van der Waals surface area contributed by atoms with Crippen LogP contribution in [0.5, 0.6) is 0 Å². The molecule has 0 unspecified atom stereocenters. The van der Waals surface area contributed by atoms with Crippen LogP contribution in [0.15, 0.2) is 0 Å². The molecule has 1 N–H and O–H groups in total. The molecule has 96 valence electrons. The van der Waals surface area contributed by atoms with Gasteiger partial charge in [-0.05, 0) is 25.4 Å². The second-order valence-corrected chi connectivity index (χ2v) is 6.69. The van der Waals surface area contributed by atoms with Crippen LogP contribution in [0.4, 0.5) is 0 Å². The lowest BCUT2D eigenvalue weighted by atomic mass is 9.91. The number of alkyl halides is 1. The van der Waals surface area contributed by atoms with Crippen LogP contribution in [0, 0.1) is 0 Å². The lowest BCUT2D eigenvalue weighted by Crippen LogP contribution is -2.45. The molecule has 0 saturated carbocycles. The largest absolute Gasteiger partial charge is 0.345 e. The highest BCUT2D eigenvalue weighted by Crippen LogP contribution is 2.26. The molecule has 0 aliphatic carbocycles. The van der Waals surface area contributed by atoms with Gasteiger partial charge in [0.2, 0.25) is 0 Å². The van der Waals surface area contributed by atoms with Gasteiger partial charge < -0.3 is 5.32 Å². The first-order valence-electron chi connectivity index (χ1n) is 5.39. The van der Waals surface area contributed by atoms with E-state index < -0.39 is 5.54 Å². The zero-order valence-corrected chi connectivity index (χ0v) is 12.4. The third-order valence-electron chi connectivity index (χ3n) is 2.19. The Morgan fingerprint density at radius 3 is 2.41 bits per heavy atom. The molecule has 1 amide bonds. The Morgan fingerprint density at radius 1 is 1.35 bits per heavy atom. The van der Waals surface area contributed by atoms with Crippen molar-refractivity contribution in [3.8, 4) is 0 Å². The normalized spacial score (nSPS) is 12.6. The maximum Gasteiger partial charge on any atom is 0.265 e. The number of hydrogen-bond donors (Lipinski definition) is 1. The molecule has 1 aromatic heterocycles. The van der Waals surface area contributed by atoms with E-state index in [1.54, 1.807) is 0 Å². The van der Waals surface area contributed by atoms with Crippen LogP contribution in [0.1, 0.15) is 50.0 Å². The Morgan fingerprint density at radius 2 is 1.94 bits per heavy atom. The van der Waals surface area contributed by atoms with E-state index in [2.05, 4.69) is 14.9 Å². The topological polar surface area (TPSA) is 54.9 Å². The molecule has 0 aliphatic rings. The van der Waals surface area contributed by atoms with Crippen LogP contribution in [0.3, 0.4) is 0 Å². The third kappa shape index (κ3) is 3.64. The van der Waals surface area contributed by atoms with Gasteiger partial charge in [-0.25, -0.2) is 0 Å². The van der Waals surface area contributed by atoms with Gasteiger partial charge in [-0.15, -0.1) is 16.7 Å². The van der Waals surface area contributed by atoms with Crippen molar-refractivity contribution in [3.63, 3.8) is 0 Å². The van der Waals surface area contributed by atoms with Crippen molar-refractivity contribution in [1.82, 2.24) is 14.9 Å². The number of hydrogen-bond acceptors (Lipinski definition) is 4. The lowest BCUT2D eigenvalue weighted by molar-refractivity contribution is 0.0922. The monoisotopic (exact) mass is 275 g/mol. The van der Waals surface area contributed by atoms with E-state index in [9.17, 15) is 4.79 Å². The zero-order chi connectivity index (χ0) is 13.3. The molecule has 4 nitrogen and oxygen atoms in total. The second kappa shape index (κ2) is 4.90. The van der Waals surface area contributed by atoms with Crippen molar-refractivity contribution in [2.75, 3.05) is 5.88 Å². The molecule has 0 spiro atoms. The molecule has 0 radical (unpaired) electrons. The number of rotatable bonds is 3. The number of nitrogens with zero attached hydrogens (tertiary/aromatic N) is 2. The Balaban J connectivity index is 2.95. The van der Waals surface area contributed by atoms with Crippen LogP contribution in [0.25, 0.3) is 0 Å². The molecular weight excluding hydrogens is 258 g/mol. The van der Waals surface area contributed by atoms with Gasteiger partial charge in [0.25, 0.3) is 5.91 Å². The van der Waals surface area contributed by atoms with Gasteiger partial charge in [0.05, 0.1) is 5.69 Å². The number of nitrogens with one attached hydrogen (secondary N) is 1. The van der Waals surface area contributed by atoms with Gasteiger partial charge in [0.1, 0.15) is 4.88 Å². The molecule has 0 bridgehead atoms. The quantitative estimate of drug-likeness (QED) is 0.863. The van der Waals surface area contributed by atoms with Crippen LogP contribution < -0.4 is 5.32 Å². The van der Waals surface area contributed by atoms with Gasteiger partial charge in [0.15, 0.2) is 0 Å². The molecule has 0 aliphatic heterocycles. The van der Waals surface area contributed by atoms with Crippen molar-refractivity contribution in [2.24, 2.45) is 0 Å². The summed E-state index contributed by atoms with van der Waals surface area (Å²) in [6.07, 6.45) is 0. The first-order valence-corrected chi connectivity index (χ1v) is 6.69. The molecule has 1 rings (SSSR count). The molecular formula is C11H18ClN3OS. The van der Waals surface area contributed by atoms with Gasteiger partial charge in [0, 0.05) is 16.8 Å². The Bertz CT molecular complexity index is 409. The highest BCUT2D eigenvalue weighted by atomic mass is 35.5. The summed E-state index contributed by atoms with van der Waals surface area (Å²) in [4.78, 5) is 12.7. The summed E-state index contributed by atoms with van der Waals surface area (Å²) in [6, 6.07) is 0. The fourth-order valence-electron chi connectivity index (χ4n) is 1.23. The summed E-state index contributed by atoms with van der Waals surface area (Å²) in [5, 5.41) is 6.92. The Hall–Kier alpha value is -0.680. The molecule has 1 aromatic rings. The SMILES string of the molecule is CC(C)(CCl)NC(=O)c1snnc1C(C)(C)C. The van der Waals surface area contributed by atoms with E-state index in [1.165, 1.54) is 0 Å². The minimum atomic E-state index is -0.433. The van der Waals surface area contributed by atoms with Crippen molar-refractivity contribution >= 4 is 29.0 Å². The molecule has 6 heteroatoms. The summed E-state index contributed by atoms with van der Waals surface area (Å²) < 4.78 is 3.86. The zero-order valence-electron chi connectivity index (χ0n) is 10.8. The lowest BCUT2D eigenvalue weighted by Gasteiger charge is -2.24. The standard InChI is InChI=1S/C11H18ClN3OS/c1-10(2,3)8-7(17-15-14-8)9(16)13-11(4,5)6-12/h6H2,1-5H3,(H,13,16). The van der Waals surface area contributed by atoms with Crippen LogP contribution in [-0.2, 0) is 5.41 Å². The molecule has 0 aromatic carbocycles. The van der Waals surface area contributed by atoms with E-state index in [0.717, 1.165) is 17.2 Å². The average molecular weight is 276 g/mol. The molecule has 17 heavy (non-hydrogen) atoms. The number of carbonyl (C=O) groups excluding carboxylic acids is 1. The predicted molar refractivity (Wildman–Crippen MR) is 70.9 cm³/mol. The highest BCUT2D eigenvalue weighted by Gasteiger charge is 2.29. The number of amides is 1. The smallest absolute Gasteiger partial charge is 0.265 e. The minimum Gasteiger partial charge on any atom is -0.345 e. The average Bonchev–Trinajstić information content (AvgIpc) is 2.64. The first-order chi connectivity index (χ1) is 7.67. The fraction of sp³-hybridized carbons (Fsp3) is 0.727. The summed E-state index contributed by atoms with van der Waals surface area (Å²) in [5.41, 5.74) is 0.105. The molecule has 0 fully saturated rings. The van der Waals surface area contributed by atoms with Crippen molar-refractivity contribution in [3.05, 3.63) is 10.6 Å². The van der Waals surface area contributed by atoms with Gasteiger partial charge in [-0.1, -0.05) is 25.3 Å². The van der Waals surface area contributed by atoms with Gasteiger partial charge in [-0.3, -0.25) is 4.79 Å². The Labute approximate surface area is 111 Å². The van der Waals surface area contributed by atoms with Crippen molar-refractivity contribution in [1.29, 1.82) is 0 Å². The molecule has 1 heterocycles. The number of aromatic nitrogens is 2. The minimum absolute atomic E-state index is 0.157. The third-order valence-corrected chi connectivity index (χ3v) is 3.58. The van der Waals surface area contributed by atoms with E-state index in [1.807, 2.05) is 34.6 Å². The van der Waals surface area contributed by atoms with E-state index in [4.69, 9.17) is 11.6 Å². The van der Waals surface area contributed by atoms with Crippen LogP contribution >= 0.6 is 23.1 Å². The summed E-state index contributed by atoms with van der Waals surface area (Å²) in [5.74, 6) is 0.200. The summed E-state index contributed by atoms with van der Waals surface area (Å²) in [7, 11) is 0. The summed E-state index contributed by atoms with van der Waals surface area (Å²) in [6.45, 7) is 9.78. The fourth-order valence-corrected chi connectivity index (χ4v) is 2.07. The van der Waals surface area contributed by atoms with E-state index >= 15 is 0 Å². The number of carbonyl (C=O) groups is 1. The van der Waals surface area contributed by atoms with Gasteiger partial charge >= 0.3 is 0 Å². The van der Waals surface area contributed by atoms with Crippen LogP contribution in [0.2, 0.25) is 0 Å². The van der Waals surface area contributed by atoms with Crippen LogP contribution in [-0.4, -0.2) is 26.9 Å². The summed E-state index contributed by atoms with van der Waals surface area (Å²) >= 11 is 6.91. The van der Waals surface area contributed by atoms with E-state index in [-0.39, 0.29) is 11.3 Å². The van der Waals surface area contributed by atoms with Crippen molar-refractivity contribution in [2.45, 2.75) is 45.6 Å². The maximum absolute atomic E-state index is 12.1. The first kappa shape index (κ1) is 14.4. The van der Waals surface area contributed by atoms with Gasteiger partial charge in [-0.2, -0.15) is 0 Å². The maximum atomic E-state index is 12.1. The Kier molecular flexibility index (Phi) is 4.15. The highest BCUT2D eigenvalue weighted by molar-refractivity contribution is 7.08. The second-order valence-electron chi connectivity index (χ2n) is 5.67.